The first-order valence-corrected chi connectivity index (χ1v) is 10.2. The van der Waals surface area contributed by atoms with Crippen molar-refractivity contribution >= 4 is 11.2 Å². The van der Waals surface area contributed by atoms with Crippen molar-refractivity contribution in [2.45, 2.75) is 56.7 Å². The number of imidazole rings is 1. The molecule has 0 radical (unpaired) electrons. The highest BCUT2D eigenvalue weighted by Gasteiger charge is 2.73. The van der Waals surface area contributed by atoms with Gasteiger partial charge in [0.1, 0.15) is 5.69 Å². The predicted octanol–water partition coefficient (Wildman–Crippen LogP) is 2.44. The van der Waals surface area contributed by atoms with Crippen LogP contribution in [0.2, 0.25) is 0 Å². The molecule has 34 heavy (non-hydrogen) atoms. The van der Waals surface area contributed by atoms with Gasteiger partial charge < -0.3 is 14.2 Å². The van der Waals surface area contributed by atoms with Crippen LogP contribution in [0.5, 0.6) is 0 Å². The Morgan fingerprint density at radius 2 is 1.74 bits per heavy atom. The number of aliphatic hydroxyl groups is 1. The molecule has 0 atom stereocenters. The monoisotopic (exact) mass is 495 g/mol. The number of halogens is 6. The smallest absolute Gasteiger partial charge is 0.368 e. The summed E-state index contributed by atoms with van der Waals surface area (Å²) < 4.78 is 86.3. The van der Waals surface area contributed by atoms with Crippen LogP contribution in [0.3, 0.4) is 0 Å². The van der Waals surface area contributed by atoms with Gasteiger partial charge in [-0.2, -0.15) is 26.3 Å². The van der Waals surface area contributed by atoms with Gasteiger partial charge in [-0.05, 0) is 18.8 Å². The largest absolute Gasteiger partial charge is 0.432 e. The van der Waals surface area contributed by atoms with Gasteiger partial charge in [0.2, 0.25) is 0 Å². The lowest BCUT2D eigenvalue weighted by Crippen LogP contribution is -2.54. The maximum Gasteiger partial charge on any atom is 0.432 e. The summed E-state index contributed by atoms with van der Waals surface area (Å²) in [6, 6.07) is 0.215. The molecule has 1 saturated carbocycles. The van der Waals surface area contributed by atoms with E-state index in [1.54, 1.807) is 4.57 Å². The van der Waals surface area contributed by atoms with Gasteiger partial charge in [-0.3, -0.25) is 13.9 Å². The standard InChI is InChI=1S/C19H19F6N5O4/c1-28-14-13(29(9-26-14)7-10-4-2-3-5-10)15(31)30(16(28)32)8-11-6-12(27-34-11)17(33,18(20,21)22)19(23,24)25/h6,9-10,33H,2-5,7-8H2,1H3. The topological polar surface area (TPSA) is 108 Å². The minimum atomic E-state index is -6.15. The molecule has 1 aliphatic carbocycles. The van der Waals surface area contributed by atoms with E-state index in [1.807, 2.05) is 0 Å². The zero-order valence-corrected chi connectivity index (χ0v) is 17.7. The van der Waals surface area contributed by atoms with E-state index in [9.17, 15) is 41.0 Å². The molecule has 1 N–H and O–H groups in total. The van der Waals surface area contributed by atoms with Gasteiger partial charge in [0.25, 0.3) is 5.56 Å². The third kappa shape index (κ3) is 3.71. The molecule has 0 saturated heterocycles. The van der Waals surface area contributed by atoms with Crippen molar-refractivity contribution in [1.82, 2.24) is 23.8 Å². The molecule has 0 spiro atoms. The van der Waals surface area contributed by atoms with E-state index in [-0.39, 0.29) is 17.2 Å². The summed E-state index contributed by atoms with van der Waals surface area (Å²) in [5, 5.41) is 12.2. The first-order chi connectivity index (χ1) is 15.8. The van der Waals surface area contributed by atoms with E-state index in [0.29, 0.717) is 17.0 Å². The third-order valence-electron chi connectivity index (χ3n) is 6.10. The highest BCUT2D eigenvalue weighted by Crippen LogP contribution is 2.49. The average molecular weight is 495 g/mol. The molecule has 3 aromatic rings. The number of hydrogen-bond acceptors (Lipinski definition) is 6. The summed E-state index contributed by atoms with van der Waals surface area (Å²) >= 11 is 0. The van der Waals surface area contributed by atoms with Crippen LogP contribution in [0.25, 0.3) is 11.2 Å². The van der Waals surface area contributed by atoms with Gasteiger partial charge in [0.15, 0.2) is 16.9 Å². The van der Waals surface area contributed by atoms with Crippen LogP contribution in [0.1, 0.15) is 37.1 Å². The van der Waals surface area contributed by atoms with Crippen molar-refractivity contribution in [3.63, 3.8) is 0 Å². The summed E-state index contributed by atoms with van der Waals surface area (Å²) in [4.78, 5) is 29.9. The van der Waals surface area contributed by atoms with Crippen LogP contribution in [0.4, 0.5) is 26.3 Å². The average Bonchev–Trinajstić information content (AvgIpc) is 3.49. The van der Waals surface area contributed by atoms with Gasteiger partial charge in [-0.15, -0.1) is 0 Å². The van der Waals surface area contributed by atoms with Crippen LogP contribution in [0, 0.1) is 5.92 Å². The number of hydrogen-bond donors (Lipinski definition) is 1. The van der Waals surface area contributed by atoms with Crippen LogP contribution in [-0.4, -0.2) is 41.3 Å². The molecule has 3 heterocycles. The Kier molecular flexibility index (Phi) is 5.65. The number of aryl methyl sites for hydroxylation is 1. The van der Waals surface area contributed by atoms with Crippen molar-refractivity contribution in [3.05, 3.63) is 44.7 Å². The number of fused-ring (bicyclic) bond motifs is 1. The molecule has 0 aromatic carbocycles. The molecule has 1 fully saturated rings. The Balaban J connectivity index is 1.75. The van der Waals surface area contributed by atoms with Gasteiger partial charge in [0.05, 0.1) is 12.9 Å². The molecule has 9 nitrogen and oxygen atoms in total. The first kappa shape index (κ1) is 24.0. The summed E-state index contributed by atoms with van der Waals surface area (Å²) in [5.74, 6) is -0.357. The minimum Gasteiger partial charge on any atom is -0.368 e. The highest BCUT2D eigenvalue weighted by molar-refractivity contribution is 5.70. The fourth-order valence-electron chi connectivity index (χ4n) is 4.24. The lowest BCUT2D eigenvalue weighted by molar-refractivity contribution is -0.377. The molecular formula is C19H19F6N5O4. The maximum atomic E-state index is 13.1. The second-order valence-corrected chi connectivity index (χ2v) is 8.34. The van der Waals surface area contributed by atoms with Gasteiger partial charge >= 0.3 is 23.6 Å². The molecule has 0 amide bonds. The van der Waals surface area contributed by atoms with Gasteiger partial charge in [-0.1, -0.05) is 18.0 Å². The molecular weight excluding hydrogens is 476 g/mol. The van der Waals surface area contributed by atoms with E-state index in [0.717, 1.165) is 30.3 Å². The van der Waals surface area contributed by atoms with Crippen molar-refractivity contribution in [2.75, 3.05) is 0 Å². The Morgan fingerprint density at radius 3 is 2.32 bits per heavy atom. The third-order valence-corrected chi connectivity index (χ3v) is 6.10. The predicted molar refractivity (Wildman–Crippen MR) is 103 cm³/mol. The molecule has 15 heteroatoms. The van der Waals surface area contributed by atoms with Crippen LogP contribution < -0.4 is 11.2 Å². The first-order valence-electron chi connectivity index (χ1n) is 10.2. The van der Waals surface area contributed by atoms with E-state index in [2.05, 4.69) is 14.7 Å². The van der Waals surface area contributed by atoms with Crippen molar-refractivity contribution < 1.29 is 36.0 Å². The summed E-state index contributed by atoms with van der Waals surface area (Å²) in [6.07, 6.45) is -6.88. The Hall–Kier alpha value is -3.10. The molecule has 0 aliphatic heterocycles. The summed E-state index contributed by atoms with van der Waals surface area (Å²) in [5.41, 5.74) is -8.75. The molecule has 3 aromatic heterocycles. The zero-order valence-electron chi connectivity index (χ0n) is 17.7. The van der Waals surface area contributed by atoms with Crippen molar-refractivity contribution in [3.8, 4) is 0 Å². The van der Waals surface area contributed by atoms with Crippen molar-refractivity contribution in [1.29, 1.82) is 0 Å². The number of rotatable bonds is 5. The van der Waals surface area contributed by atoms with Gasteiger partial charge in [0, 0.05) is 19.7 Å². The number of alkyl halides is 6. The summed E-state index contributed by atoms with van der Waals surface area (Å²) in [7, 11) is 1.32. The van der Waals surface area contributed by atoms with Crippen molar-refractivity contribution in [2.24, 2.45) is 13.0 Å². The van der Waals surface area contributed by atoms with Crippen LogP contribution >= 0.6 is 0 Å². The summed E-state index contributed by atoms with van der Waals surface area (Å²) in [6.45, 7) is -0.338. The Bertz CT molecular complexity index is 1310. The van der Waals surface area contributed by atoms with Gasteiger partial charge in [-0.25, -0.2) is 9.78 Å². The maximum absolute atomic E-state index is 13.1. The quantitative estimate of drug-likeness (QED) is 0.545. The molecule has 0 bridgehead atoms. The molecule has 0 unspecified atom stereocenters. The lowest BCUT2D eigenvalue weighted by atomic mass is 9.98. The van der Waals surface area contributed by atoms with Crippen LogP contribution in [-0.2, 0) is 25.7 Å². The second kappa shape index (κ2) is 7.99. The highest BCUT2D eigenvalue weighted by atomic mass is 19.4. The number of nitrogens with zero attached hydrogens (tertiary/aromatic N) is 5. The van der Waals surface area contributed by atoms with E-state index in [4.69, 9.17) is 0 Å². The van der Waals surface area contributed by atoms with E-state index in [1.165, 1.54) is 13.4 Å². The van der Waals surface area contributed by atoms with E-state index < -0.39 is 47.2 Å². The Labute approximate surface area is 186 Å². The lowest BCUT2D eigenvalue weighted by Gasteiger charge is -2.30. The normalized spacial score (nSPS) is 16.1. The Morgan fingerprint density at radius 1 is 1.12 bits per heavy atom. The van der Waals surface area contributed by atoms with Crippen LogP contribution in [0.15, 0.2) is 26.5 Å². The fraction of sp³-hybridized carbons (Fsp3) is 0.579. The SMILES string of the molecule is Cn1c(=O)n(Cc2cc(C(O)(C(F)(F)F)C(F)(F)F)no2)c(=O)c2c1ncn2CC1CCCC1. The zero-order chi connectivity index (χ0) is 25.1. The fourth-order valence-corrected chi connectivity index (χ4v) is 4.24. The second-order valence-electron chi connectivity index (χ2n) is 8.34. The molecule has 186 valence electrons. The minimum absolute atomic E-state index is 0.0656. The number of aromatic nitrogens is 5. The van der Waals surface area contributed by atoms with E-state index >= 15 is 0 Å². The molecule has 1 aliphatic rings. The molecule has 4 rings (SSSR count).